The van der Waals surface area contributed by atoms with Gasteiger partial charge in [0.2, 0.25) is 0 Å². The monoisotopic (exact) mass is 249 g/mol. The summed E-state index contributed by atoms with van der Waals surface area (Å²) in [6.45, 7) is 2.12. The van der Waals surface area contributed by atoms with Crippen LogP contribution in [-0.4, -0.2) is 0 Å². The molecular weight excluding hydrogens is 239 g/mol. The molecule has 0 aromatic heterocycles. The lowest BCUT2D eigenvalue weighted by Crippen LogP contribution is -1.85. The molecule has 0 bridgehead atoms. The third kappa shape index (κ3) is 2.23. The largest absolute Gasteiger partial charge is 0.0837 e. The van der Waals surface area contributed by atoms with E-state index in [0.29, 0.717) is 5.02 Å². The van der Waals surface area contributed by atoms with Gasteiger partial charge in [0.05, 0.1) is 5.02 Å². The van der Waals surface area contributed by atoms with Crippen molar-refractivity contribution < 1.29 is 0 Å². The summed E-state index contributed by atoms with van der Waals surface area (Å²) in [7, 11) is 0. The Bertz CT molecular complexity index is 504. The van der Waals surface area contributed by atoms with Gasteiger partial charge in [-0.3, -0.25) is 0 Å². The number of aryl methyl sites for hydroxylation is 1. The highest BCUT2D eigenvalue weighted by Crippen LogP contribution is 2.33. The zero-order valence-electron chi connectivity index (χ0n) is 8.93. The fraction of sp³-hybridized carbons (Fsp3) is 0.143. The van der Waals surface area contributed by atoms with Gasteiger partial charge < -0.3 is 0 Å². The summed E-state index contributed by atoms with van der Waals surface area (Å²) in [5.74, 6) is 0. The summed E-state index contributed by atoms with van der Waals surface area (Å²) in [5.41, 5.74) is 3.16. The third-order valence-corrected chi connectivity index (χ3v) is 3.18. The van der Waals surface area contributed by atoms with E-state index in [-0.39, 0.29) is 0 Å². The Morgan fingerprint density at radius 1 is 1.12 bits per heavy atom. The van der Waals surface area contributed by atoms with Gasteiger partial charge in [0.1, 0.15) is 0 Å². The molecule has 2 rings (SSSR count). The highest BCUT2D eigenvalue weighted by molar-refractivity contribution is 6.36. The summed E-state index contributed by atoms with van der Waals surface area (Å²) in [6, 6.07) is 14.7. The van der Waals surface area contributed by atoms with Crippen molar-refractivity contribution in [2.75, 3.05) is 0 Å². The average molecular weight is 250 g/mol. The van der Waals surface area contributed by atoms with Crippen LogP contribution in [-0.2, 0) is 6.42 Å². The minimum atomic E-state index is 0.609. The first kappa shape index (κ1) is 11.5. The molecule has 1 radical (unpaired) electrons. The van der Waals surface area contributed by atoms with Gasteiger partial charge in [-0.2, -0.15) is 0 Å². The van der Waals surface area contributed by atoms with Crippen molar-refractivity contribution in [3.8, 4) is 11.1 Å². The third-order valence-electron chi connectivity index (χ3n) is 2.53. The highest BCUT2D eigenvalue weighted by atomic mass is 35.5. The molecule has 2 aromatic rings. The predicted molar refractivity (Wildman–Crippen MR) is 70.1 cm³/mol. The van der Waals surface area contributed by atoms with Crippen LogP contribution in [0.3, 0.4) is 0 Å². The van der Waals surface area contributed by atoms with Crippen molar-refractivity contribution >= 4 is 23.2 Å². The number of halogens is 2. The fourth-order valence-corrected chi connectivity index (χ4v) is 2.07. The normalized spacial score (nSPS) is 10.4. The van der Waals surface area contributed by atoms with E-state index in [1.807, 2.05) is 24.3 Å². The van der Waals surface area contributed by atoms with Gasteiger partial charge in [0, 0.05) is 22.2 Å². The summed E-state index contributed by atoms with van der Waals surface area (Å²) >= 11 is 12.3. The van der Waals surface area contributed by atoms with Gasteiger partial charge in [-0.25, -0.2) is 0 Å². The van der Waals surface area contributed by atoms with E-state index in [0.717, 1.165) is 22.6 Å². The van der Waals surface area contributed by atoms with Crippen molar-refractivity contribution in [3.05, 3.63) is 58.1 Å². The number of hydrogen-bond donors (Lipinski definition) is 0. The molecular formula is C14H11Cl2. The molecule has 0 N–H and O–H groups in total. The molecule has 0 aliphatic carbocycles. The lowest BCUT2D eigenvalue weighted by molar-refractivity contribution is 1.14. The molecule has 0 unspecified atom stereocenters. The molecule has 0 atom stereocenters. The SMILES string of the molecule is CCc1ccc(Cl)c(-c2ccc[c]c2Cl)c1. The molecule has 81 valence electrons. The first-order chi connectivity index (χ1) is 7.72. The lowest BCUT2D eigenvalue weighted by atomic mass is 10.0. The van der Waals surface area contributed by atoms with Gasteiger partial charge in [-0.05, 0) is 24.1 Å². The molecule has 0 aliphatic heterocycles. The Morgan fingerprint density at radius 3 is 2.62 bits per heavy atom. The summed E-state index contributed by atoms with van der Waals surface area (Å²) in [5, 5.41) is 1.33. The molecule has 0 amide bonds. The maximum absolute atomic E-state index is 6.19. The maximum Gasteiger partial charge on any atom is 0.0563 e. The van der Waals surface area contributed by atoms with Gasteiger partial charge in [0.15, 0.2) is 0 Å². The van der Waals surface area contributed by atoms with E-state index in [1.54, 1.807) is 6.07 Å². The van der Waals surface area contributed by atoms with E-state index < -0.39 is 0 Å². The van der Waals surface area contributed by atoms with Crippen LogP contribution < -0.4 is 0 Å². The van der Waals surface area contributed by atoms with Crippen LogP contribution in [0.4, 0.5) is 0 Å². The molecule has 16 heavy (non-hydrogen) atoms. The van der Waals surface area contributed by atoms with Crippen molar-refractivity contribution in [1.82, 2.24) is 0 Å². The van der Waals surface area contributed by atoms with Crippen LogP contribution in [0.5, 0.6) is 0 Å². The molecule has 0 spiro atoms. The van der Waals surface area contributed by atoms with Crippen LogP contribution in [0.1, 0.15) is 12.5 Å². The van der Waals surface area contributed by atoms with Crippen LogP contribution in [0.2, 0.25) is 10.0 Å². The van der Waals surface area contributed by atoms with E-state index in [1.165, 1.54) is 5.56 Å². The molecule has 2 heteroatoms. The highest BCUT2D eigenvalue weighted by Gasteiger charge is 2.07. The molecule has 2 aromatic carbocycles. The molecule has 0 heterocycles. The second-order valence-electron chi connectivity index (χ2n) is 3.57. The van der Waals surface area contributed by atoms with Crippen molar-refractivity contribution in [2.45, 2.75) is 13.3 Å². The molecule has 0 aliphatic rings. The van der Waals surface area contributed by atoms with E-state index in [4.69, 9.17) is 23.2 Å². The van der Waals surface area contributed by atoms with Gasteiger partial charge >= 0.3 is 0 Å². The summed E-state index contributed by atoms with van der Waals surface area (Å²) in [6.07, 6.45) is 0.984. The minimum Gasteiger partial charge on any atom is -0.0837 e. The predicted octanol–water partition coefficient (Wildman–Crippen LogP) is 5.02. The Kier molecular flexibility index (Phi) is 3.52. The standard InChI is InChI=1S/C14H11Cl2/c1-2-10-7-8-14(16)12(9-10)11-5-3-4-6-13(11)15/h3-5,7-9H,2H2,1H3. The lowest BCUT2D eigenvalue weighted by Gasteiger charge is -2.08. The number of rotatable bonds is 2. The second kappa shape index (κ2) is 4.90. The second-order valence-corrected chi connectivity index (χ2v) is 4.35. The van der Waals surface area contributed by atoms with Crippen LogP contribution >= 0.6 is 23.2 Å². The van der Waals surface area contributed by atoms with E-state index in [9.17, 15) is 0 Å². The fourth-order valence-electron chi connectivity index (χ4n) is 1.62. The minimum absolute atomic E-state index is 0.609. The molecule has 0 nitrogen and oxygen atoms in total. The van der Waals surface area contributed by atoms with Gasteiger partial charge in [0.25, 0.3) is 0 Å². The molecule has 0 saturated carbocycles. The first-order valence-corrected chi connectivity index (χ1v) is 5.93. The average Bonchev–Trinajstić information content (AvgIpc) is 2.31. The molecule has 0 fully saturated rings. The zero-order chi connectivity index (χ0) is 11.5. The Balaban J connectivity index is 2.59. The summed E-state index contributed by atoms with van der Waals surface area (Å²) in [4.78, 5) is 0. The number of benzene rings is 2. The Labute approximate surface area is 106 Å². The van der Waals surface area contributed by atoms with Crippen LogP contribution in [0.25, 0.3) is 11.1 Å². The number of hydrogen-bond acceptors (Lipinski definition) is 0. The zero-order valence-corrected chi connectivity index (χ0v) is 10.4. The van der Waals surface area contributed by atoms with Crippen LogP contribution in [0.15, 0.2) is 36.4 Å². The first-order valence-electron chi connectivity index (χ1n) is 5.17. The molecule has 0 saturated heterocycles. The van der Waals surface area contributed by atoms with Gasteiger partial charge in [-0.15, -0.1) is 0 Å². The van der Waals surface area contributed by atoms with E-state index in [2.05, 4.69) is 19.1 Å². The van der Waals surface area contributed by atoms with Gasteiger partial charge in [-0.1, -0.05) is 54.4 Å². The Morgan fingerprint density at radius 2 is 1.94 bits per heavy atom. The Hall–Kier alpha value is -0.980. The smallest absolute Gasteiger partial charge is 0.0563 e. The quantitative estimate of drug-likeness (QED) is 0.701. The topological polar surface area (TPSA) is 0 Å². The van der Waals surface area contributed by atoms with Crippen molar-refractivity contribution in [2.24, 2.45) is 0 Å². The van der Waals surface area contributed by atoms with E-state index >= 15 is 0 Å². The van der Waals surface area contributed by atoms with Crippen molar-refractivity contribution in [1.29, 1.82) is 0 Å². The summed E-state index contributed by atoms with van der Waals surface area (Å²) < 4.78 is 0. The van der Waals surface area contributed by atoms with Crippen LogP contribution in [0, 0.1) is 6.07 Å². The van der Waals surface area contributed by atoms with Crippen molar-refractivity contribution in [3.63, 3.8) is 0 Å². The maximum atomic E-state index is 6.19.